The highest BCUT2D eigenvalue weighted by molar-refractivity contribution is 5.69. The SMILES string of the molecule is CC(C)(C)Oc1cnc2cnn(CC3CCOCC3)c2n1. The highest BCUT2D eigenvalue weighted by Crippen LogP contribution is 2.21. The summed E-state index contributed by atoms with van der Waals surface area (Å²) in [7, 11) is 0. The fourth-order valence-electron chi connectivity index (χ4n) is 2.50. The van der Waals surface area contributed by atoms with Crippen LogP contribution < -0.4 is 4.74 Å². The van der Waals surface area contributed by atoms with Gasteiger partial charge in [0.25, 0.3) is 0 Å². The Morgan fingerprint density at radius 2 is 2.05 bits per heavy atom. The molecule has 1 fully saturated rings. The molecule has 0 amide bonds. The summed E-state index contributed by atoms with van der Waals surface area (Å²) in [4.78, 5) is 8.95. The normalized spacial score (nSPS) is 17.3. The Kier molecular flexibility index (Phi) is 3.80. The van der Waals surface area contributed by atoms with Gasteiger partial charge in [0.1, 0.15) is 11.1 Å². The molecule has 0 radical (unpaired) electrons. The van der Waals surface area contributed by atoms with Crippen molar-refractivity contribution in [3.05, 3.63) is 12.4 Å². The van der Waals surface area contributed by atoms with Crippen LogP contribution in [-0.4, -0.2) is 38.6 Å². The van der Waals surface area contributed by atoms with Crippen molar-refractivity contribution in [3.8, 4) is 5.88 Å². The van der Waals surface area contributed by atoms with Gasteiger partial charge in [0, 0.05) is 19.8 Å². The zero-order valence-corrected chi connectivity index (χ0v) is 12.9. The summed E-state index contributed by atoms with van der Waals surface area (Å²) in [5, 5.41) is 4.42. The third-order valence-electron chi connectivity index (χ3n) is 3.51. The van der Waals surface area contributed by atoms with Crippen molar-refractivity contribution in [1.29, 1.82) is 0 Å². The molecule has 1 aliphatic rings. The van der Waals surface area contributed by atoms with Crippen LogP contribution >= 0.6 is 0 Å². The quantitative estimate of drug-likeness (QED) is 0.868. The zero-order valence-electron chi connectivity index (χ0n) is 12.9. The number of fused-ring (bicyclic) bond motifs is 1. The number of hydrogen-bond acceptors (Lipinski definition) is 5. The number of aromatic nitrogens is 4. The molecule has 114 valence electrons. The van der Waals surface area contributed by atoms with Gasteiger partial charge < -0.3 is 9.47 Å². The summed E-state index contributed by atoms with van der Waals surface area (Å²) >= 11 is 0. The predicted octanol–water partition coefficient (Wildman–Crippen LogP) is 2.43. The van der Waals surface area contributed by atoms with Gasteiger partial charge in [-0.2, -0.15) is 10.1 Å². The van der Waals surface area contributed by atoms with Crippen LogP contribution in [-0.2, 0) is 11.3 Å². The van der Waals surface area contributed by atoms with E-state index in [1.165, 1.54) is 0 Å². The van der Waals surface area contributed by atoms with Crippen LogP contribution in [0.2, 0.25) is 0 Å². The van der Waals surface area contributed by atoms with E-state index in [-0.39, 0.29) is 5.60 Å². The lowest BCUT2D eigenvalue weighted by atomic mass is 10.0. The Bertz CT molecular complexity index is 612. The standard InChI is InChI=1S/C15H22N4O2/c1-15(2,3)21-13-9-16-12-8-17-19(14(12)18-13)10-11-4-6-20-7-5-11/h8-9,11H,4-7,10H2,1-3H3. The van der Waals surface area contributed by atoms with E-state index in [0.29, 0.717) is 11.8 Å². The molecule has 1 saturated heterocycles. The zero-order chi connectivity index (χ0) is 14.9. The summed E-state index contributed by atoms with van der Waals surface area (Å²) in [5.41, 5.74) is 1.32. The van der Waals surface area contributed by atoms with E-state index in [2.05, 4.69) is 15.1 Å². The van der Waals surface area contributed by atoms with Crippen LogP contribution in [0.25, 0.3) is 11.2 Å². The van der Waals surface area contributed by atoms with Crippen molar-refractivity contribution in [2.24, 2.45) is 5.92 Å². The van der Waals surface area contributed by atoms with Crippen LogP contribution in [0.3, 0.4) is 0 Å². The first-order valence-electron chi connectivity index (χ1n) is 7.46. The number of hydrogen-bond donors (Lipinski definition) is 0. The van der Waals surface area contributed by atoms with Gasteiger partial charge >= 0.3 is 0 Å². The molecular formula is C15H22N4O2. The van der Waals surface area contributed by atoms with Gasteiger partial charge in [-0.05, 0) is 39.5 Å². The average molecular weight is 290 g/mol. The summed E-state index contributed by atoms with van der Waals surface area (Å²) in [6, 6.07) is 0. The van der Waals surface area contributed by atoms with E-state index >= 15 is 0 Å². The fourth-order valence-corrected chi connectivity index (χ4v) is 2.50. The Balaban J connectivity index is 1.83. The highest BCUT2D eigenvalue weighted by Gasteiger charge is 2.18. The minimum atomic E-state index is -0.284. The molecule has 3 heterocycles. The minimum Gasteiger partial charge on any atom is -0.471 e. The van der Waals surface area contributed by atoms with Gasteiger partial charge in [0.15, 0.2) is 5.65 Å². The largest absolute Gasteiger partial charge is 0.471 e. The molecule has 0 saturated carbocycles. The van der Waals surface area contributed by atoms with Crippen LogP contribution in [0.4, 0.5) is 0 Å². The van der Waals surface area contributed by atoms with E-state index in [1.54, 1.807) is 12.4 Å². The Morgan fingerprint density at radius 3 is 2.76 bits per heavy atom. The number of rotatable bonds is 3. The maximum Gasteiger partial charge on any atom is 0.234 e. The van der Waals surface area contributed by atoms with Gasteiger partial charge in [-0.1, -0.05) is 0 Å². The molecule has 3 rings (SSSR count). The van der Waals surface area contributed by atoms with Crippen molar-refractivity contribution in [1.82, 2.24) is 19.7 Å². The maximum absolute atomic E-state index is 5.79. The molecule has 2 aromatic heterocycles. The van der Waals surface area contributed by atoms with Crippen LogP contribution in [0.15, 0.2) is 12.4 Å². The average Bonchev–Trinajstić information content (AvgIpc) is 2.81. The Labute approximate surface area is 124 Å². The molecular weight excluding hydrogens is 268 g/mol. The van der Waals surface area contributed by atoms with Gasteiger partial charge in [0.2, 0.25) is 5.88 Å². The van der Waals surface area contributed by atoms with Gasteiger partial charge in [-0.15, -0.1) is 0 Å². The molecule has 0 aromatic carbocycles. The maximum atomic E-state index is 5.79. The third kappa shape index (κ3) is 3.50. The summed E-state index contributed by atoms with van der Waals surface area (Å²) in [6.45, 7) is 8.54. The van der Waals surface area contributed by atoms with Crippen molar-refractivity contribution >= 4 is 11.2 Å². The lowest BCUT2D eigenvalue weighted by Crippen LogP contribution is -2.24. The highest BCUT2D eigenvalue weighted by atomic mass is 16.5. The van der Waals surface area contributed by atoms with E-state index in [9.17, 15) is 0 Å². The van der Waals surface area contributed by atoms with E-state index < -0.39 is 0 Å². The Morgan fingerprint density at radius 1 is 1.29 bits per heavy atom. The molecule has 0 atom stereocenters. The first-order valence-corrected chi connectivity index (χ1v) is 7.46. The number of nitrogens with zero attached hydrogens (tertiary/aromatic N) is 4. The van der Waals surface area contributed by atoms with Crippen molar-refractivity contribution in [2.75, 3.05) is 13.2 Å². The molecule has 2 aromatic rings. The summed E-state index contributed by atoms with van der Waals surface area (Å²) < 4.78 is 13.1. The summed E-state index contributed by atoms with van der Waals surface area (Å²) in [6.07, 6.45) is 5.58. The van der Waals surface area contributed by atoms with E-state index in [4.69, 9.17) is 9.47 Å². The van der Waals surface area contributed by atoms with Crippen molar-refractivity contribution in [2.45, 2.75) is 45.8 Å². The molecule has 21 heavy (non-hydrogen) atoms. The molecule has 0 aliphatic carbocycles. The second kappa shape index (κ2) is 5.60. The first kappa shape index (κ1) is 14.3. The molecule has 0 N–H and O–H groups in total. The second-order valence-corrected chi connectivity index (χ2v) is 6.51. The molecule has 0 bridgehead atoms. The molecule has 6 nitrogen and oxygen atoms in total. The topological polar surface area (TPSA) is 62.1 Å². The van der Waals surface area contributed by atoms with E-state index in [0.717, 1.165) is 43.8 Å². The number of ether oxygens (including phenoxy) is 2. The van der Waals surface area contributed by atoms with E-state index in [1.807, 2.05) is 25.5 Å². The lowest BCUT2D eigenvalue weighted by Gasteiger charge is -2.22. The van der Waals surface area contributed by atoms with Gasteiger partial charge in [0.05, 0.1) is 12.4 Å². The predicted molar refractivity (Wildman–Crippen MR) is 79.2 cm³/mol. The second-order valence-electron chi connectivity index (χ2n) is 6.51. The monoisotopic (exact) mass is 290 g/mol. The van der Waals surface area contributed by atoms with Gasteiger partial charge in [-0.25, -0.2) is 9.67 Å². The van der Waals surface area contributed by atoms with Crippen LogP contribution in [0.1, 0.15) is 33.6 Å². The molecule has 0 spiro atoms. The van der Waals surface area contributed by atoms with Gasteiger partial charge in [-0.3, -0.25) is 0 Å². The first-order chi connectivity index (χ1) is 10.0. The van der Waals surface area contributed by atoms with Crippen molar-refractivity contribution < 1.29 is 9.47 Å². The molecule has 0 unspecified atom stereocenters. The smallest absolute Gasteiger partial charge is 0.234 e. The van der Waals surface area contributed by atoms with Crippen LogP contribution in [0.5, 0.6) is 5.88 Å². The van der Waals surface area contributed by atoms with Crippen LogP contribution in [0, 0.1) is 5.92 Å². The fraction of sp³-hybridized carbons (Fsp3) is 0.667. The third-order valence-corrected chi connectivity index (χ3v) is 3.51. The lowest BCUT2D eigenvalue weighted by molar-refractivity contribution is 0.0604. The summed E-state index contributed by atoms with van der Waals surface area (Å²) in [5.74, 6) is 1.14. The molecule has 1 aliphatic heterocycles. The Hall–Kier alpha value is -1.69. The molecule has 6 heteroatoms. The van der Waals surface area contributed by atoms with Crippen molar-refractivity contribution in [3.63, 3.8) is 0 Å². The minimum absolute atomic E-state index is 0.284.